The van der Waals surface area contributed by atoms with Crippen molar-refractivity contribution in [3.63, 3.8) is 0 Å². The van der Waals surface area contributed by atoms with Crippen LogP contribution in [0.25, 0.3) is 0 Å². The summed E-state index contributed by atoms with van der Waals surface area (Å²) < 4.78 is 0. The van der Waals surface area contributed by atoms with Crippen molar-refractivity contribution in [2.45, 2.75) is 39.2 Å². The average Bonchev–Trinajstić information content (AvgIpc) is 2.03. The first-order valence-corrected chi connectivity index (χ1v) is 4.40. The fraction of sp³-hybridized carbons (Fsp3) is 0.700. The number of rotatable bonds is 5. The van der Waals surface area contributed by atoms with E-state index in [2.05, 4.69) is 20.8 Å². The predicted octanol–water partition coefficient (Wildman–Crippen LogP) is 2.56. The second-order valence-corrected chi connectivity index (χ2v) is 2.78. The van der Waals surface area contributed by atoms with E-state index in [1.54, 1.807) is 0 Å². The first-order chi connectivity index (χ1) is 5.26. The molecule has 11 heavy (non-hydrogen) atoms. The molecule has 0 aliphatic carbocycles. The normalized spacial score (nSPS) is 14.6. The molecule has 0 bridgehead atoms. The summed E-state index contributed by atoms with van der Waals surface area (Å²) in [5.41, 5.74) is 0. The fourth-order valence-electron chi connectivity index (χ4n) is 1.16. The third kappa shape index (κ3) is 4.20. The van der Waals surface area contributed by atoms with Crippen LogP contribution in [0.15, 0.2) is 12.2 Å². The van der Waals surface area contributed by atoms with Gasteiger partial charge in [-0.1, -0.05) is 38.8 Å². The fourth-order valence-corrected chi connectivity index (χ4v) is 1.16. The number of hydrogen-bond acceptors (Lipinski definition) is 1. The van der Waals surface area contributed by atoms with Crippen LogP contribution in [0, 0.1) is 12.8 Å². The van der Waals surface area contributed by atoms with Gasteiger partial charge in [0.05, 0.1) is 6.10 Å². The lowest BCUT2D eigenvalue weighted by molar-refractivity contribution is 0.146. The molecule has 0 heterocycles. The largest absolute Gasteiger partial charge is 0.389 e. The first-order valence-electron chi connectivity index (χ1n) is 4.40. The molecule has 1 N–H and O–H groups in total. The molecule has 0 aliphatic heterocycles. The minimum atomic E-state index is -0.272. The van der Waals surface area contributed by atoms with Crippen molar-refractivity contribution >= 4 is 0 Å². The highest BCUT2D eigenvalue weighted by Crippen LogP contribution is 2.13. The lowest BCUT2D eigenvalue weighted by Gasteiger charge is -2.15. The maximum Gasteiger partial charge on any atom is 0.0748 e. The van der Waals surface area contributed by atoms with E-state index in [0.29, 0.717) is 5.92 Å². The third-order valence-corrected chi connectivity index (χ3v) is 2.03. The van der Waals surface area contributed by atoms with E-state index < -0.39 is 0 Å². The van der Waals surface area contributed by atoms with E-state index in [1.165, 1.54) is 0 Å². The summed E-state index contributed by atoms with van der Waals surface area (Å²) in [7, 11) is 0. The topological polar surface area (TPSA) is 20.2 Å². The van der Waals surface area contributed by atoms with Gasteiger partial charge in [-0.15, -0.1) is 0 Å². The van der Waals surface area contributed by atoms with Gasteiger partial charge in [0.15, 0.2) is 0 Å². The summed E-state index contributed by atoms with van der Waals surface area (Å²) in [5, 5.41) is 9.53. The van der Waals surface area contributed by atoms with E-state index in [4.69, 9.17) is 0 Å². The highest BCUT2D eigenvalue weighted by molar-refractivity contribution is 4.91. The summed E-state index contributed by atoms with van der Waals surface area (Å²) in [6, 6.07) is 0. The van der Waals surface area contributed by atoms with E-state index in [9.17, 15) is 5.11 Å². The predicted molar refractivity (Wildman–Crippen MR) is 49.2 cm³/mol. The number of hydrogen-bond donors (Lipinski definition) is 1. The molecular weight excluding hydrogens is 136 g/mol. The van der Waals surface area contributed by atoms with Crippen LogP contribution in [0.2, 0.25) is 0 Å². The van der Waals surface area contributed by atoms with Crippen molar-refractivity contribution in [1.29, 1.82) is 0 Å². The number of aliphatic hydroxyl groups excluding tert-OH is 1. The van der Waals surface area contributed by atoms with Crippen LogP contribution in [0.5, 0.6) is 0 Å². The molecule has 0 aromatic rings. The van der Waals surface area contributed by atoms with Gasteiger partial charge in [-0.2, -0.15) is 0 Å². The zero-order chi connectivity index (χ0) is 8.69. The quantitative estimate of drug-likeness (QED) is 0.605. The van der Waals surface area contributed by atoms with Gasteiger partial charge in [-0.3, -0.25) is 0 Å². The van der Waals surface area contributed by atoms with Crippen molar-refractivity contribution in [2.24, 2.45) is 5.92 Å². The summed E-state index contributed by atoms with van der Waals surface area (Å²) in [6.45, 7) is 7.88. The summed E-state index contributed by atoms with van der Waals surface area (Å²) in [6.07, 6.45) is 6.34. The molecule has 0 aromatic carbocycles. The third-order valence-electron chi connectivity index (χ3n) is 2.03. The summed E-state index contributed by atoms with van der Waals surface area (Å²) in [5.74, 6) is 0.415. The smallest absolute Gasteiger partial charge is 0.0748 e. The SMILES string of the molecule is [CH2]C/C=C/C(O)C(CC)CC. The molecule has 0 amide bonds. The van der Waals surface area contributed by atoms with Crippen molar-refractivity contribution in [1.82, 2.24) is 0 Å². The zero-order valence-corrected chi connectivity index (χ0v) is 7.59. The van der Waals surface area contributed by atoms with Crippen molar-refractivity contribution in [3.05, 3.63) is 19.1 Å². The Morgan fingerprint density at radius 1 is 1.36 bits per heavy atom. The average molecular weight is 155 g/mol. The van der Waals surface area contributed by atoms with E-state index in [1.807, 2.05) is 12.2 Å². The molecule has 1 atom stereocenters. The van der Waals surface area contributed by atoms with Crippen molar-refractivity contribution < 1.29 is 5.11 Å². The van der Waals surface area contributed by atoms with Crippen LogP contribution in [-0.4, -0.2) is 11.2 Å². The molecule has 0 fully saturated rings. The Hall–Kier alpha value is -0.300. The summed E-state index contributed by atoms with van der Waals surface area (Å²) in [4.78, 5) is 0. The highest BCUT2D eigenvalue weighted by atomic mass is 16.3. The zero-order valence-electron chi connectivity index (χ0n) is 7.59. The van der Waals surface area contributed by atoms with Gasteiger partial charge in [0.2, 0.25) is 0 Å². The Morgan fingerprint density at radius 2 is 1.91 bits per heavy atom. The van der Waals surface area contributed by atoms with Gasteiger partial charge >= 0.3 is 0 Å². The van der Waals surface area contributed by atoms with Gasteiger partial charge in [-0.05, 0) is 19.3 Å². The molecule has 0 rings (SSSR count). The standard InChI is InChI=1S/C10H19O/c1-4-7-8-10(11)9(5-2)6-3/h7-11H,1,4-6H2,2-3H3/b8-7+. The second kappa shape index (κ2) is 6.41. The van der Waals surface area contributed by atoms with Crippen LogP contribution in [0.1, 0.15) is 33.1 Å². The van der Waals surface area contributed by atoms with Crippen LogP contribution < -0.4 is 0 Å². The molecule has 0 aliphatic rings. The molecule has 0 spiro atoms. The molecule has 1 radical (unpaired) electrons. The van der Waals surface area contributed by atoms with E-state index >= 15 is 0 Å². The minimum absolute atomic E-state index is 0.272. The van der Waals surface area contributed by atoms with Gasteiger partial charge in [0.25, 0.3) is 0 Å². The number of allylic oxidation sites excluding steroid dienone is 1. The van der Waals surface area contributed by atoms with Crippen LogP contribution >= 0.6 is 0 Å². The van der Waals surface area contributed by atoms with E-state index in [0.717, 1.165) is 19.3 Å². The molecule has 1 nitrogen and oxygen atoms in total. The van der Waals surface area contributed by atoms with Gasteiger partial charge in [0.1, 0.15) is 0 Å². The first kappa shape index (κ1) is 10.7. The van der Waals surface area contributed by atoms with Crippen LogP contribution in [0.3, 0.4) is 0 Å². The highest BCUT2D eigenvalue weighted by Gasteiger charge is 2.10. The molecule has 65 valence electrons. The summed E-state index contributed by atoms with van der Waals surface area (Å²) >= 11 is 0. The Balaban J connectivity index is 3.77. The molecule has 1 unspecified atom stereocenters. The molecule has 0 saturated heterocycles. The Morgan fingerprint density at radius 3 is 2.27 bits per heavy atom. The number of aliphatic hydroxyl groups is 1. The van der Waals surface area contributed by atoms with Crippen LogP contribution in [0.4, 0.5) is 0 Å². The molecular formula is C10H19O. The maximum atomic E-state index is 9.53. The van der Waals surface area contributed by atoms with Gasteiger partial charge in [-0.25, -0.2) is 0 Å². The molecule has 0 saturated carbocycles. The molecule has 1 heteroatoms. The monoisotopic (exact) mass is 155 g/mol. The Labute approximate surface area is 70.1 Å². The lowest BCUT2D eigenvalue weighted by atomic mass is 9.96. The van der Waals surface area contributed by atoms with Gasteiger partial charge < -0.3 is 5.11 Å². The maximum absolute atomic E-state index is 9.53. The molecule has 0 aromatic heterocycles. The van der Waals surface area contributed by atoms with Gasteiger partial charge in [0, 0.05) is 0 Å². The van der Waals surface area contributed by atoms with Crippen LogP contribution in [-0.2, 0) is 0 Å². The lowest BCUT2D eigenvalue weighted by Crippen LogP contribution is -2.15. The van der Waals surface area contributed by atoms with Crippen molar-refractivity contribution in [3.8, 4) is 0 Å². The minimum Gasteiger partial charge on any atom is -0.389 e. The Kier molecular flexibility index (Phi) is 6.24. The second-order valence-electron chi connectivity index (χ2n) is 2.78. The Bertz CT molecular complexity index is 103. The van der Waals surface area contributed by atoms with Crippen molar-refractivity contribution in [2.75, 3.05) is 0 Å². The van der Waals surface area contributed by atoms with E-state index in [-0.39, 0.29) is 6.10 Å².